The predicted molar refractivity (Wildman–Crippen MR) is 71.6 cm³/mol. The van der Waals surface area contributed by atoms with Gasteiger partial charge in [0.1, 0.15) is 17.0 Å². The highest BCUT2D eigenvalue weighted by molar-refractivity contribution is 5.98. The first-order valence-corrected chi connectivity index (χ1v) is 6.11. The summed E-state index contributed by atoms with van der Waals surface area (Å²) in [7, 11) is 0. The zero-order chi connectivity index (χ0) is 13.4. The summed E-state index contributed by atoms with van der Waals surface area (Å²) in [6.07, 6.45) is 1.03. The van der Waals surface area contributed by atoms with Gasteiger partial charge in [-0.2, -0.15) is 0 Å². The van der Waals surface area contributed by atoms with Gasteiger partial charge in [0.2, 0.25) is 0 Å². The molecular weight excluding hydrogens is 244 g/mol. The number of β-amino-alcohol motifs (C(OH)–C–C–N with tert-alkyl or cyclic N) is 1. The minimum absolute atomic E-state index is 0.147. The van der Waals surface area contributed by atoms with E-state index in [0.29, 0.717) is 30.1 Å². The lowest BCUT2D eigenvalue weighted by Gasteiger charge is -2.18. The molecule has 2 aromatic rings. The van der Waals surface area contributed by atoms with Gasteiger partial charge in [-0.3, -0.25) is 14.2 Å². The molecule has 2 aromatic heterocycles. The van der Waals surface area contributed by atoms with Crippen molar-refractivity contribution in [2.24, 2.45) is 4.99 Å². The Labute approximate surface area is 109 Å². The Bertz CT molecular complexity index is 720. The van der Waals surface area contributed by atoms with Crippen molar-refractivity contribution in [3.05, 3.63) is 46.0 Å². The second kappa shape index (κ2) is 4.47. The number of nitrogens with one attached hydrogen (secondary N) is 1. The molecule has 1 aliphatic rings. The minimum atomic E-state index is -0.498. The molecule has 1 atom stereocenters. The summed E-state index contributed by atoms with van der Waals surface area (Å²) >= 11 is 0. The molecule has 2 N–H and O–H groups in total. The van der Waals surface area contributed by atoms with Crippen LogP contribution < -0.4 is 10.9 Å². The number of aliphatic hydroxyl groups excluding tert-OH is 1. The summed E-state index contributed by atoms with van der Waals surface area (Å²) in [5, 5.41) is 12.3. The third-order valence-electron chi connectivity index (χ3n) is 3.14. The summed E-state index contributed by atoms with van der Waals surface area (Å²) < 4.78 is 1.56. The van der Waals surface area contributed by atoms with Crippen molar-refractivity contribution in [3.8, 4) is 0 Å². The summed E-state index contributed by atoms with van der Waals surface area (Å²) in [6.45, 7) is 2.56. The third kappa shape index (κ3) is 2.00. The molecule has 3 heterocycles. The van der Waals surface area contributed by atoms with Crippen LogP contribution in [0, 0.1) is 6.92 Å². The van der Waals surface area contributed by atoms with E-state index in [-0.39, 0.29) is 5.56 Å². The molecule has 0 aliphatic carbocycles. The van der Waals surface area contributed by atoms with Crippen LogP contribution in [0.4, 0.5) is 0 Å². The maximum atomic E-state index is 12.5. The first kappa shape index (κ1) is 11.9. The lowest BCUT2D eigenvalue weighted by atomic mass is 10.2. The molecular formula is C13H14N4O2. The molecule has 0 saturated heterocycles. The first-order chi connectivity index (χ1) is 9.16. The number of aryl methyl sites for hydroxylation is 1. The molecule has 0 spiro atoms. The van der Waals surface area contributed by atoms with E-state index in [4.69, 9.17) is 0 Å². The van der Waals surface area contributed by atoms with Gasteiger partial charge in [-0.15, -0.1) is 0 Å². The Morgan fingerprint density at radius 1 is 1.47 bits per heavy atom. The second-order valence-electron chi connectivity index (χ2n) is 4.56. The number of fused-ring (bicyclic) bond motifs is 1. The SMILES string of the molecule is Cc1cccc2ncc(C3=NCC(O)CN3)c(=O)n12. The standard InChI is InChI=1S/C13H14N4O2/c1-8-3-2-4-11-14-7-10(13(19)17(8)11)12-15-5-9(18)6-16-12/h2-4,7,9,18H,5-6H2,1H3,(H,15,16). The molecule has 0 saturated carbocycles. The van der Waals surface area contributed by atoms with Crippen LogP contribution in [-0.2, 0) is 0 Å². The number of aliphatic hydroxyl groups is 1. The van der Waals surface area contributed by atoms with Crippen LogP contribution in [-0.4, -0.2) is 39.5 Å². The molecule has 0 amide bonds. The van der Waals surface area contributed by atoms with E-state index < -0.39 is 6.10 Å². The maximum absolute atomic E-state index is 12.5. The van der Waals surface area contributed by atoms with Gasteiger partial charge in [0.15, 0.2) is 0 Å². The fourth-order valence-electron chi connectivity index (χ4n) is 2.15. The minimum Gasteiger partial charge on any atom is -0.389 e. The van der Waals surface area contributed by atoms with Crippen LogP contribution >= 0.6 is 0 Å². The van der Waals surface area contributed by atoms with E-state index in [1.54, 1.807) is 10.5 Å². The highest BCUT2D eigenvalue weighted by atomic mass is 16.3. The fourth-order valence-corrected chi connectivity index (χ4v) is 2.15. The number of nitrogens with zero attached hydrogens (tertiary/aromatic N) is 3. The average Bonchev–Trinajstić information content (AvgIpc) is 2.40. The van der Waals surface area contributed by atoms with Gasteiger partial charge < -0.3 is 10.4 Å². The molecule has 3 rings (SSSR count). The fraction of sp³-hybridized carbons (Fsp3) is 0.308. The van der Waals surface area contributed by atoms with Crippen molar-refractivity contribution >= 4 is 11.5 Å². The first-order valence-electron chi connectivity index (χ1n) is 6.11. The van der Waals surface area contributed by atoms with Crippen molar-refractivity contribution < 1.29 is 5.11 Å². The van der Waals surface area contributed by atoms with Crippen molar-refractivity contribution in [2.45, 2.75) is 13.0 Å². The highest BCUT2D eigenvalue weighted by Crippen LogP contribution is 2.04. The largest absolute Gasteiger partial charge is 0.389 e. The van der Waals surface area contributed by atoms with Crippen LogP contribution in [0.15, 0.2) is 34.2 Å². The summed E-state index contributed by atoms with van der Waals surface area (Å²) in [5.74, 6) is 0.500. The van der Waals surface area contributed by atoms with Gasteiger partial charge in [0, 0.05) is 18.4 Å². The Hall–Kier alpha value is -2.21. The molecule has 0 radical (unpaired) electrons. The number of amidine groups is 1. The number of hydrogen-bond acceptors (Lipinski definition) is 5. The topological polar surface area (TPSA) is 79.0 Å². The van der Waals surface area contributed by atoms with E-state index in [0.717, 1.165) is 5.69 Å². The smallest absolute Gasteiger partial charge is 0.269 e. The summed E-state index contributed by atoms with van der Waals surface area (Å²) in [4.78, 5) is 20.9. The maximum Gasteiger partial charge on any atom is 0.269 e. The monoisotopic (exact) mass is 258 g/mol. The van der Waals surface area contributed by atoms with E-state index in [1.807, 2.05) is 19.1 Å². The van der Waals surface area contributed by atoms with E-state index in [9.17, 15) is 9.90 Å². The van der Waals surface area contributed by atoms with E-state index in [1.165, 1.54) is 6.20 Å². The molecule has 19 heavy (non-hydrogen) atoms. The van der Waals surface area contributed by atoms with Crippen LogP contribution in [0.3, 0.4) is 0 Å². The molecule has 0 aromatic carbocycles. The molecule has 6 nitrogen and oxygen atoms in total. The lowest BCUT2D eigenvalue weighted by molar-refractivity contribution is 0.181. The van der Waals surface area contributed by atoms with Crippen LogP contribution in [0.1, 0.15) is 11.3 Å². The van der Waals surface area contributed by atoms with Gasteiger partial charge in [-0.05, 0) is 19.1 Å². The zero-order valence-corrected chi connectivity index (χ0v) is 10.5. The molecule has 98 valence electrons. The van der Waals surface area contributed by atoms with Crippen LogP contribution in [0.5, 0.6) is 0 Å². The van der Waals surface area contributed by atoms with Gasteiger partial charge in [0.25, 0.3) is 5.56 Å². The lowest BCUT2D eigenvalue weighted by Crippen LogP contribution is -2.42. The summed E-state index contributed by atoms with van der Waals surface area (Å²) in [5.41, 5.74) is 1.72. The third-order valence-corrected chi connectivity index (χ3v) is 3.14. The van der Waals surface area contributed by atoms with E-state index >= 15 is 0 Å². The van der Waals surface area contributed by atoms with Gasteiger partial charge >= 0.3 is 0 Å². The second-order valence-corrected chi connectivity index (χ2v) is 4.56. The molecule has 1 unspecified atom stereocenters. The molecule has 0 fully saturated rings. The normalized spacial score (nSPS) is 19.1. The zero-order valence-electron chi connectivity index (χ0n) is 10.5. The van der Waals surface area contributed by atoms with Crippen LogP contribution in [0.25, 0.3) is 5.65 Å². The van der Waals surface area contributed by atoms with Crippen molar-refractivity contribution in [2.75, 3.05) is 13.1 Å². The Kier molecular flexibility index (Phi) is 2.79. The van der Waals surface area contributed by atoms with Crippen molar-refractivity contribution in [3.63, 3.8) is 0 Å². The van der Waals surface area contributed by atoms with Gasteiger partial charge in [-0.25, -0.2) is 4.98 Å². The number of aromatic nitrogens is 2. The van der Waals surface area contributed by atoms with Crippen LogP contribution in [0.2, 0.25) is 0 Å². The number of hydrogen-bond donors (Lipinski definition) is 2. The number of rotatable bonds is 1. The van der Waals surface area contributed by atoms with E-state index in [2.05, 4.69) is 15.3 Å². The van der Waals surface area contributed by atoms with Gasteiger partial charge in [0.05, 0.1) is 12.6 Å². The Balaban J connectivity index is 2.19. The van der Waals surface area contributed by atoms with Gasteiger partial charge in [-0.1, -0.05) is 6.07 Å². The predicted octanol–water partition coefficient (Wildman–Crippen LogP) is -0.286. The Morgan fingerprint density at radius 2 is 2.32 bits per heavy atom. The molecule has 1 aliphatic heterocycles. The van der Waals surface area contributed by atoms with Crippen molar-refractivity contribution in [1.82, 2.24) is 14.7 Å². The highest BCUT2D eigenvalue weighted by Gasteiger charge is 2.17. The average molecular weight is 258 g/mol. The number of pyridine rings is 1. The molecule has 6 heteroatoms. The number of aliphatic imine (C=N–C) groups is 1. The quantitative estimate of drug-likeness (QED) is 0.737. The Morgan fingerprint density at radius 3 is 3.05 bits per heavy atom. The van der Waals surface area contributed by atoms with Crippen molar-refractivity contribution in [1.29, 1.82) is 0 Å². The molecule has 0 bridgehead atoms. The summed E-state index contributed by atoms with van der Waals surface area (Å²) in [6, 6.07) is 5.52.